The third-order valence-electron chi connectivity index (χ3n) is 3.56. The first-order chi connectivity index (χ1) is 11.1. The van der Waals surface area contributed by atoms with E-state index in [0.717, 1.165) is 11.1 Å². The van der Waals surface area contributed by atoms with Crippen LogP contribution in [0.25, 0.3) is 11.0 Å². The maximum atomic E-state index is 9.29. The van der Waals surface area contributed by atoms with Crippen molar-refractivity contribution in [1.29, 1.82) is 0 Å². The Balaban J connectivity index is 0.000000167. The molecule has 3 aromatic rings. The molecule has 3 nitrogen and oxygen atoms in total. The van der Waals surface area contributed by atoms with Crippen LogP contribution >= 0.6 is 0 Å². The highest BCUT2D eigenvalue weighted by molar-refractivity contribution is 5.83. The summed E-state index contributed by atoms with van der Waals surface area (Å²) in [6.07, 6.45) is 2.44. The average molecular weight is 311 g/mol. The summed E-state index contributed by atoms with van der Waals surface area (Å²) < 4.78 is 5.25. The van der Waals surface area contributed by atoms with Gasteiger partial charge in [0.2, 0.25) is 0 Å². The summed E-state index contributed by atoms with van der Waals surface area (Å²) in [6, 6.07) is 17.9. The van der Waals surface area contributed by atoms with Crippen LogP contribution in [0, 0.1) is 6.92 Å². The van der Waals surface area contributed by atoms with Crippen molar-refractivity contribution in [1.82, 2.24) is 4.90 Å². The van der Waals surface area contributed by atoms with Crippen LogP contribution in [0.5, 0.6) is 5.75 Å². The van der Waals surface area contributed by atoms with E-state index in [-0.39, 0.29) is 5.75 Å². The number of hydrogen-bond acceptors (Lipinski definition) is 3. The zero-order valence-electron chi connectivity index (χ0n) is 14.1. The first kappa shape index (κ1) is 17.1. The second-order valence-corrected chi connectivity index (χ2v) is 5.94. The van der Waals surface area contributed by atoms with Gasteiger partial charge in [-0.1, -0.05) is 42.5 Å². The van der Waals surface area contributed by atoms with E-state index in [0.29, 0.717) is 5.58 Å². The van der Waals surface area contributed by atoms with Gasteiger partial charge in [0.1, 0.15) is 5.76 Å². The van der Waals surface area contributed by atoms with Gasteiger partial charge in [-0.05, 0) is 58.1 Å². The number of furan rings is 1. The number of aryl methyl sites for hydroxylation is 2. The summed E-state index contributed by atoms with van der Waals surface area (Å²) in [5.74, 6) is 1.03. The molecule has 0 spiro atoms. The van der Waals surface area contributed by atoms with Crippen LogP contribution in [-0.2, 0) is 6.42 Å². The number of phenolic OH excluding ortho intramolecular Hbond substituents is 1. The molecule has 0 fully saturated rings. The van der Waals surface area contributed by atoms with E-state index in [1.807, 2.05) is 19.1 Å². The Morgan fingerprint density at radius 3 is 2.39 bits per heavy atom. The minimum absolute atomic E-state index is 0.204. The summed E-state index contributed by atoms with van der Waals surface area (Å²) in [7, 11) is 4.23. The Hall–Kier alpha value is -2.26. The minimum atomic E-state index is 0.204. The molecule has 0 aliphatic heterocycles. The molecule has 0 bridgehead atoms. The van der Waals surface area contributed by atoms with Gasteiger partial charge in [0.25, 0.3) is 0 Å². The summed E-state index contributed by atoms with van der Waals surface area (Å²) in [5, 5.41) is 10.2. The summed E-state index contributed by atoms with van der Waals surface area (Å²) in [6.45, 7) is 3.04. The molecule has 0 radical (unpaired) electrons. The smallest absolute Gasteiger partial charge is 0.175 e. The number of para-hydroxylation sites is 1. The Kier molecular flexibility index (Phi) is 6.24. The molecule has 3 rings (SSSR count). The number of phenols is 1. The van der Waals surface area contributed by atoms with Gasteiger partial charge in [-0.25, -0.2) is 0 Å². The average Bonchev–Trinajstić information content (AvgIpc) is 2.91. The molecular formula is C20H25NO2. The fourth-order valence-electron chi connectivity index (χ4n) is 2.42. The second-order valence-electron chi connectivity index (χ2n) is 5.94. The van der Waals surface area contributed by atoms with Crippen molar-refractivity contribution < 1.29 is 9.52 Å². The third-order valence-corrected chi connectivity index (χ3v) is 3.56. The Morgan fingerprint density at radius 1 is 1.00 bits per heavy atom. The summed E-state index contributed by atoms with van der Waals surface area (Å²) in [4.78, 5) is 2.23. The lowest BCUT2D eigenvalue weighted by atomic mass is 10.1. The highest BCUT2D eigenvalue weighted by atomic mass is 16.4. The first-order valence-corrected chi connectivity index (χ1v) is 7.93. The highest BCUT2D eigenvalue weighted by Crippen LogP contribution is 2.26. The SMILES string of the molecule is CN(C)CCCc1ccccc1.Cc1cc2cccc(O)c2o1. The van der Waals surface area contributed by atoms with Gasteiger partial charge in [0, 0.05) is 5.39 Å². The van der Waals surface area contributed by atoms with E-state index in [9.17, 15) is 5.11 Å². The predicted octanol–water partition coefficient (Wildman–Crippen LogP) is 4.63. The lowest BCUT2D eigenvalue weighted by Crippen LogP contribution is -2.13. The van der Waals surface area contributed by atoms with Crippen molar-refractivity contribution in [2.45, 2.75) is 19.8 Å². The minimum Gasteiger partial charge on any atom is -0.504 e. The van der Waals surface area contributed by atoms with E-state index in [1.165, 1.54) is 24.9 Å². The van der Waals surface area contributed by atoms with E-state index >= 15 is 0 Å². The standard InChI is InChI=1S/C11H17N.C9H8O2/c1-12(2)10-6-9-11-7-4-3-5-8-11;1-6-5-7-3-2-4-8(10)9(7)11-6/h3-5,7-8H,6,9-10H2,1-2H3;2-5,10H,1H3. The van der Waals surface area contributed by atoms with Crippen LogP contribution in [-0.4, -0.2) is 30.6 Å². The molecule has 1 aromatic heterocycles. The van der Waals surface area contributed by atoms with Crippen molar-refractivity contribution >= 4 is 11.0 Å². The zero-order valence-corrected chi connectivity index (χ0v) is 14.1. The monoisotopic (exact) mass is 311 g/mol. The van der Waals surface area contributed by atoms with Gasteiger partial charge in [-0.2, -0.15) is 0 Å². The molecule has 0 amide bonds. The molecule has 122 valence electrons. The Bertz CT molecular complexity index is 717. The molecule has 2 aromatic carbocycles. The van der Waals surface area contributed by atoms with E-state index < -0.39 is 0 Å². The molecular weight excluding hydrogens is 286 g/mol. The lowest BCUT2D eigenvalue weighted by Gasteiger charge is -2.08. The van der Waals surface area contributed by atoms with Gasteiger partial charge in [0.05, 0.1) is 0 Å². The van der Waals surface area contributed by atoms with Crippen molar-refractivity contribution in [2.75, 3.05) is 20.6 Å². The van der Waals surface area contributed by atoms with Crippen molar-refractivity contribution in [3.63, 3.8) is 0 Å². The van der Waals surface area contributed by atoms with Gasteiger partial charge in [-0.3, -0.25) is 0 Å². The molecule has 1 heterocycles. The third kappa shape index (κ3) is 5.46. The molecule has 1 N–H and O–H groups in total. The predicted molar refractivity (Wildman–Crippen MR) is 95.9 cm³/mol. The summed E-state index contributed by atoms with van der Waals surface area (Å²) >= 11 is 0. The van der Waals surface area contributed by atoms with Gasteiger partial charge < -0.3 is 14.4 Å². The van der Waals surface area contributed by atoms with E-state index in [2.05, 4.69) is 49.3 Å². The molecule has 0 saturated heterocycles. The topological polar surface area (TPSA) is 36.6 Å². The Morgan fingerprint density at radius 2 is 1.74 bits per heavy atom. The van der Waals surface area contributed by atoms with Crippen molar-refractivity contribution in [3.05, 3.63) is 65.9 Å². The maximum absolute atomic E-state index is 9.29. The highest BCUT2D eigenvalue weighted by Gasteiger charge is 2.02. The van der Waals surface area contributed by atoms with Crippen LogP contribution < -0.4 is 0 Å². The van der Waals surface area contributed by atoms with Crippen LogP contribution in [0.15, 0.2) is 59.0 Å². The van der Waals surface area contributed by atoms with Crippen LogP contribution in [0.2, 0.25) is 0 Å². The largest absolute Gasteiger partial charge is 0.504 e. The molecule has 23 heavy (non-hydrogen) atoms. The number of rotatable bonds is 4. The van der Waals surface area contributed by atoms with Crippen molar-refractivity contribution in [2.24, 2.45) is 0 Å². The van der Waals surface area contributed by atoms with Crippen LogP contribution in [0.1, 0.15) is 17.7 Å². The zero-order chi connectivity index (χ0) is 16.7. The molecule has 0 aliphatic rings. The fourth-order valence-corrected chi connectivity index (χ4v) is 2.42. The molecule has 0 aliphatic carbocycles. The number of hydrogen-bond donors (Lipinski definition) is 1. The number of nitrogens with zero attached hydrogens (tertiary/aromatic N) is 1. The number of fused-ring (bicyclic) bond motifs is 1. The quantitative estimate of drug-likeness (QED) is 0.763. The van der Waals surface area contributed by atoms with Gasteiger partial charge in [-0.15, -0.1) is 0 Å². The Labute approximate surface area is 138 Å². The maximum Gasteiger partial charge on any atom is 0.175 e. The molecule has 0 saturated carbocycles. The van der Waals surface area contributed by atoms with E-state index in [1.54, 1.807) is 12.1 Å². The molecule has 0 unspecified atom stereocenters. The first-order valence-electron chi connectivity index (χ1n) is 7.93. The normalized spacial score (nSPS) is 10.6. The number of aromatic hydroxyl groups is 1. The van der Waals surface area contributed by atoms with Crippen LogP contribution in [0.4, 0.5) is 0 Å². The molecule has 3 heteroatoms. The number of benzene rings is 2. The second kappa shape index (κ2) is 8.39. The van der Waals surface area contributed by atoms with Gasteiger partial charge in [0.15, 0.2) is 11.3 Å². The fraction of sp³-hybridized carbons (Fsp3) is 0.300. The van der Waals surface area contributed by atoms with Crippen LogP contribution in [0.3, 0.4) is 0 Å². The van der Waals surface area contributed by atoms with E-state index in [4.69, 9.17) is 4.42 Å². The van der Waals surface area contributed by atoms with Crippen molar-refractivity contribution in [3.8, 4) is 5.75 Å². The van der Waals surface area contributed by atoms with Gasteiger partial charge >= 0.3 is 0 Å². The summed E-state index contributed by atoms with van der Waals surface area (Å²) in [5.41, 5.74) is 2.02. The lowest BCUT2D eigenvalue weighted by molar-refractivity contribution is 0.400. The molecule has 0 atom stereocenters.